The van der Waals surface area contributed by atoms with Gasteiger partial charge in [0.15, 0.2) is 0 Å². The van der Waals surface area contributed by atoms with E-state index in [1.165, 1.54) is 16.7 Å². The van der Waals surface area contributed by atoms with Gasteiger partial charge in [-0.05, 0) is 0 Å². The summed E-state index contributed by atoms with van der Waals surface area (Å²) >= 11 is -1.93. The van der Waals surface area contributed by atoms with Gasteiger partial charge in [0.25, 0.3) is 0 Å². The van der Waals surface area contributed by atoms with Gasteiger partial charge >= 0.3 is 134 Å². The molecule has 1 aliphatic carbocycles. The molecule has 0 saturated heterocycles. The van der Waals surface area contributed by atoms with Gasteiger partial charge in [0.1, 0.15) is 0 Å². The van der Waals surface area contributed by atoms with Crippen LogP contribution in [-0.4, -0.2) is 11.8 Å². The van der Waals surface area contributed by atoms with E-state index in [0.717, 1.165) is 12.8 Å². The molecule has 0 radical (unpaired) electrons. The maximum Gasteiger partial charge on any atom is -1.00 e. The minimum Gasteiger partial charge on any atom is -1.00 e. The van der Waals surface area contributed by atoms with E-state index in [0.29, 0.717) is 18.2 Å². The second kappa shape index (κ2) is 11.2. The van der Waals surface area contributed by atoms with Crippen molar-refractivity contribution in [2.24, 2.45) is 5.92 Å². The number of unbranched alkanes of at least 4 members (excludes halogenated alkanes) is 1. The minimum absolute atomic E-state index is 0. The molecule has 6 heteroatoms. The molecule has 2 nitrogen and oxygen atoms in total. The first-order chi connectivity index (χ1) is 9.31. The van der Waals surface area contributed by atoms with Crippen molar-refractivity contribution in [2.45, 2.75) is 67.0 Å². The molecule has 1 N–H and O–H groups in total. The molecule has 1 rings (SSSR count). The SMILES string of the molecule is CCCCC(=O)[NH][Zr+2]([C]1=C(C)C(C)=C(C)C1C)[SiH](C)C.[Cl-].[Cl-]. The molecule has 0 bridgehead atoms. The van der Waals surface area contributed by atoms with Gasteiger partial charge in [-0.1, -0.05) is 0 Å². The average molecular weight is 443 g/mol. The zero-order chi connectivity index (χ0) is 15.4. The van der Waals surface area contributed by atoms with Crippen LogP contribution in [0, 0.1) is 5.92 Å². The van der Waals surface area contributed by atoms with Crippen molar-refractivity contribution in [2.75, 3.05) is 0 Å². The second-order valence-electron chi connectivity index (χ2n) is 6.29. The number of hydrogen-bond acceptors (Lipinski definition) is 1. The topological polar surface area (TPSA) is 29.1 Å². The molecule has 1 atom stereocenters. The van der Waals surface area contributed by atoms with Crippen LogP contribution in [0.15, 0.2) is 20.0 Å². The summed E-state index contributed by atoms with van der Waals surface area (Å²) in [5.41, 5.74) is 4.50. The van der Waals surface area contributed by atoms with Gasteiger partial charge in [0.2, 0.25) is 0 Å². The van der Waals surface area contributed by atoms with Crippen LogP contribution < -0.4 is 28.1 Å². The first-order valence-corrected chi connectivity index (χ1v) is 17.5. The zero-order valence-corrected chi connectivity index (χ0v) is 20.1. The van der Waals surface area contributed by atoms with E-state index in [-0.39, 0.29) is 24.8 Å². The standard InChI is InChI=1S/C9H13.C5H11NO.C2H7Si.2ClH.Zr/c1-6-5-7(2)9(4)8(6)3;1-2-3-4-5(6)7;1-3-2;;;/h6H,1-4H3;2-4H2,1H3,(H2,6,7);3H,1-2H3;2*1H;/q;;;;;+3/p-3. The van der Waals surface area contributed by atoms with Gasteiger partial charge in [-0.2, -0.15) is 0 Å². The first kappa shape index (κ1) is 24.9. The Morgan fingerprint density at radius 3 is 2.09 bits per heavy atom. The molecule has 127 valence electrons. The summed E-state index contributed by atoms with van der Waals surface area (Å²) in [5, 5.41) is 0. The molecular formula is C16H30Cl2NOSiZr. The summed E-state index contributed by atoms with van der Waals surface area (Å²) in [7, 11) is 0. The largest absolute Gasteiger partial charge is 1.00 e. The maximum atomic E-state index is 12.2. The fourth-order valence-corrected chi connectivity index (χ4v) is 18.7. The third-order valence-corrected chi connectivity index (χ3v) is 21.7. The molecule has 22 heavy (non-hydrogen) atoms. The van der Waals surface area contributed by atoms with Gasteiger partial charge < -0.3 is 24.8 Å². The number of rotatable bonds is 6. The smallest absolute Gasteiger partial charge is 1.00 e. The Bertz CT molecular complexity index is 449. The van der Waals surface area contributed by atoms with Gasteiger partial charge in [0, 0.05) is 0 Å². The molecule has 0 aliphatic heterocycles. The number of carbonyl (C=O) groups is 1. The van der Waals surface area contributed by atoms with Crippen LogP contribution in [0.5, 0.6) is 0 Å². The molecule has 1 aliphatic rings. The number of carbonyl (C=O) groups excluding carboxylic acids is 1. The minimum atomic E-state index is -1.93. The van der Waals surface area contributed by atoms with Crippen LogP contribution in [0.2, 0.25) is 13.1 Å². The van der Waals surface area contributed by atoms with Gasteiger partial charge in [0.05, 0.1) is 0 Å². The van der Waals surface area contributed by atoms with Crippen molar-refractivity contribution in [3.63, 3.8) is 0 Å². The van der Waals surface area contributed by atoms with Crippen molar-refractivity contribution in [3.8, 4) is 0 Å². The van der Waals surface area contributed by atoms with E-state index in [9.17, 15) is 4.79 Å². The predicted molar refractivity (Wildman–Crippen MR) is 86.8 cm³/mol. The maximum absolute atomic E-state index is 12.2. The molecule has 1 amide bonds. The van der Waals surface area contributed by atoms with Crippen LogP contribution in [0.25, 0.3) is 0 Å². The average Bonchev–Trinajstić information content (AvgIpc) is 2.58. The summed E-state index contributed by atoms with van der Waals surface area (Å²) in [6, 6.07) is 0. The van der Waals surface area contributed by atoms with Gasteiger partial charge in [-0.15, -0.1) is 0 Å². The molecule has 0 saturated carbocycles. The van der Waals surface area contributed by atoms with E-state index >= 15 is 0 Å². The summed E-state index contributed by atoms with van der Waals surface area (Å²) < 4.78 is 5.20. The van der Waals surface area contributed by atoms with E-state index in [1.54, 1.807) is 3.28 Å². The summed E-state index contributed by atoms with van der Waals surface area (Å²) in [5.74, 6) is 0.112. The third kappa shape index (κ3) is 5.92. The normalized spacial score (nSPS) is 17.4. The predicted octanol–water partition coefficient (Wildman–Crippen LogP) is -1.92. The Labute approximate surface area is 158 Å². The summed E-state index contributed by atoms with van der Waals surface area (Å²) in [6.07, 6.45) is 2.84. The van der Waals surface area contributed by atoms with Crippen LogP contribution >= 0.6 is 0 Å². The zero-order valence-electron chi connectivity index (χ0n) is 14.9. The summed E-state index contributed by atoms with van der Waals surface area (Å²) in [6.45, 7) is 16.1. The molecular weight excluding hydrogens is 412 g/mol. The fourth-order valence-electron chi connectivity index (χ4n) is 2.87. The number of amides is 1. The van der Waals surface area contributed by atoms with Crippen LogP contribution in [0.4, 0.5) is 0 Å². The van der Waals surface area contributed by atoms with Gasteiger partial charge in [-0.3, -0.25) is 0 Å². The van der Waals surface area contributed by atoms with Crippen LogP contribution in [-0.2, 0) is 26.0 Å². The summed E-state index contributed by atoms with van der Waals surface area (Å²) in [4.78, 5) is 12.2. The van der Waals surface area contributed by atoms with E-state index in [4.69, 9.17) is 0 Å². The number of nitrogens with one attached hydrogen (secondary N) is 1. The molecule has 0 spiro atoms. The van der Waals surface area contributed by atoms with Crippen molar-refractivity contribution in [3.05, 3.63) is 20.0 Å². The first-order valence-electron chi connectivity index (χ1n) is 7.86. The molecule has 0 aromatic heterocycles. The Morgan fingerprint density at radius 1 is 1.18 bits per heavy atom. The number of halogens is 2. The third-order valence-electron chi connectivity index (χ3n) is 4.54. The Morgan fingerprint density at radius 2 is 1.73 bits per heavy atom. The molecule has 0 fully saturated rings. The van der Waals surface area contributed by atoms with Crippen molar-refractivity contribution >= 4 is 11.8 Å². The monoisotopic (exact) mass is 440 g/mol. The molecule has 0 heterocycles. The van der Waals surface area contributed by atoms with E-state index < -0.39 is 27.1 Å². The Balaban J connectivity index is 0. The molecule has 0 aromatic rings. The van der Waals surface area contributed by atoms with Crippen LogP contribution in [0.3, 0.4) is 0 Å². The second-order valence-corrected chi connectivity index (χ2v) is 24.5. The van der Waals surface area contributed by atoms with Crippen molar-refractivity contribution in [1.82, 2.24) is 3.26 Å². The van der Waals surface area contributed by atoms with E-state index in [1.807, 2.05) is 0 Å². The Kier molecular flexibility index (Phi) is 12.7. The Hall–Kier alpha value is 0.630. The van der Waals surface area contributed by atoms with Crippen molar-refractivity contribution < 1.29 is 50.8 Å². The molecule has 0 aromatic carbocycles. The number of hydrogen-bond donors (Lipinski definition) is 1. The quantitative estimate of drug-likeness (QED) is 0.478. The molecule has 1 unspecified atom stereocenters. The van der Waals surface area contributed by atoms with E-state index in [2.05, 4.69) is 51.0 Å². The number of allylic oxidation sites excluding steroid dienone is 4. The fraction of sp³-hybridized carbons (Fsp3) is 0.688. The van der Waals surface area contributed by atoms with Crippen LogP contribution in [0.1, 0.15) is 53.9 Å². The van der Waals surface area contributed by atoms with Crippen molar-refractivity contribution in [1.29, 1.82) is 0 Å². The van der Waals surface area contributed by atoms with Gasteiger partial charge in [-0.25, -0.2) is 0 Å².